The highest BCUT2D eigenvalue weighted by molar-refractivity contribution is 6.00. The predicted molar refractivity (Wildman–Crippen MR) is 114 cm³/mol. The number of carbonyl (C=O) groups excluding carboxylic acids is 1. The van der Waals surface area contributed by atoms with Gasteiger partial charge in [0.15, 0.2) is 5.65 Å². The van der Waals surface area contributed by atoms with Crippen LogP contribution in [0.3, 0.4) is 0 Å². The van der Waals surface area contributed by atoms with E-state index in [9.17, 15) is 9.90 Å². The van der Waals surface area contributed by atoms with Gasteiger partial charge in [0.2, 0.25) is 0 Å². The molecule has 6 heteroatoms. The van der Waals surface area contributed by atoms with Crippen molar-refractivity contribution in [3.05, 3.63) is 89.7 Å². The number of aryl methyl sites for hydroxylation is 1. The highest BCUT2D eigenvalue weighted by Gasteiger charge is 2.40. The quantitative estimate of drug-likeness (QED) is 0.574. The summed E-state index contributed by atoms with van der Waals surface area (Å²) in [5, 5.41) is 15.6. The Balaban J connectivity index is 1.45. The van der Waals surface area contributed by atoms with Gasteiger partial charge in [0, 0.05) is 18.3 Å². The van der Waals surface area contributed by atoms with Gasteiger partial charge in [-0.2, -0.15) is 5.10 Å². The van der Waals surface area contributed by atoms with Crippen molar-refractivity contribution in [3.63, 3.8) is 0 Å². The van der Waals surface area contributed by atoms with Gasteiger partial charge < -0.3 is 10.0 Å². The van der Waals surface area contributed by atoms with Crippen molar-refractivity contribution < 1.29 is 9.90 Å². The van der Waals surface area contributed by atoms with Crippen LogP contribution < -0.4 is 0 Å². The summed E-state index contributed by atoms with van der Waals surface area (Å²) in [6.45, 7) is 2.75. The molecule has 1 N–H and O–H groups in total. The van der Waals surface area contributed by atoms with E-state index in [1.807, 2.05) is 67.6 Å². The number of hydrogen-bond donors (Lipinski definition) is 1. The first-order valence-corrected chi connectivity index (χ1v) is 10.0. The highest BCUT2D eigenvalue weighted by Crippen LogP contribution is 2.33. The average Bonchev–Trinajstić information content (AvgIpc) is 3.39. The van der Waals surface area contributed by atoms with Crippen LogP contribution in [-0.2, 0) is 5.60 Å². The van der Waals surface area contributed by atoms with Gasteiger partial charge in [-0.1, -0.05) is 60.2 Å². The van der Waals surface area contributed by atoms with Crippen LogP contribution in [0.1, 0.15) is 27.9 Å². The molecule has 0 radical (unpaired) electrons. The molecule has 1 aliphatic rings. The summed E-state index contributed by atoms with van der Waals surface area (Å²) in [5.74, 6) is -0.161. The summed E-state index contributed by atoms with van der Waals surface area (Å²) >= 11 is 0. The molecular formula is C24H22N4O2. The fourth-order valence-corrected chi connectivity index (χ4v) is 4.11. The molecular weight excluding hydrogens is 376 g/mol. The molecule has 0 aliphatic carbocycles. The van der Waals surface area contributed by atoms with Gasteiger partial charge in [-0.15, -0.1) is 0 Å². The van der Waals surface area contributed by atoms with Crippen molar-refractivity contribution in [2.24, 2.45) is 0 Å². The van der Waals surface area contributed by atoms with Crippen molar-refractivity contribution in [1.82, 2.24) is 19.5 Å². The van der Waals surface area contributed by atoms with E-state index in [0.29, 0.717) is 24.2 Å². The maximum atomic E-state index is 13.3. The number of benzene rings is 2. The highest BCUT2D eigenvalue weighted by atomic mass is 16.3. The standard InChI is InChI=1S/C24H22N4O2/c1-17-7-9-19(10-8-17)24(30)12-14-27(16-24)23(29)20-15-26-28-21(11-13-25-22(20)28)18-5-3-2-4-6-18/h2-11,13,15,30H,12,14,16H2,1H3/t24-/m0/s1. The molecule has 1 saturated heterocycles. The summed E-state index contributed by atoms with van der Waals surface area (Å²) in [6.07, 6.45) is 3.77. The fourth-order valence-electron chi connectivity index (χ4n) is 4.11. The number of aliphatic hydroxyl groups is 1. The van der Waals surface area contributed by atoms with Crippen molar-refractivity contribution in [2.45, 2.75) is 18.9 Å². The minimum Gasteiger partial charge on any atom is -0.383 e. The van der Waals surface area contributed by atoms with Crippen LogP contribution in [-0.4, -0.2) is 43.6 Å². The topological polar surface area (TPSA) is 70.7 Å². The predicted octanol–water partition coefficient (Wildman–Crippen LogP) is 3.44. The summed E-state index contributed by atoms with van der Waals surface area (Å²) in [5.41, 5.74) is 3.79. The first kappa shape index (κ1) is 18.5. The normalized spacial score (nSPS) is 18.8. The molecule has 1 amide bonds. The lowest BCUT2D eigenvalue weighted by Crippen LogP contribution is -2.34. The zero-order valence-electron chi connectivity index (χ0n) is 16.7. The summed E-state index contributed by atoms with van der Waals surface area (Å²) < 4.78 is 1.70. The fraction of sp³-hybridized carbons (Fsp3) is 0.208. The third kappa shape index (κ3) is 3.06. The average molecular weight is 398 g/mol. The Morgan fingerprint density at radius 1 is 1.07 bits per heavy atom. The van der Waals surface area contributed by atoms with Gasteiger partial charge in [0.25, 0.3) is 5.91 Å². The van der Waals surface area contributed by atoms with E-state index in [0.717, 1.165) is 22.4 Å². The summed E-state index contributed by atoms with van der Waals surface area (Å²) in [6, 6.07) is 19.6. The van der Waals surface area contributed by atoms with E-state index >= 15 is 0 Å². The molecule has 2 aromatic heterocycles. The monoisotopic (exact) mass is 398 g/mol. The van der Waals surface area contributed by atoms with E-state index in [4.69, 9.17) is 0 Å². The molecule has 1 atom stereocenters. The van der Waals surface area contributed by atoms with Crippen molar-refractivity contribution in [2.75, 3.05) is 13.1 Å². The molecule has 0 saturated carbocycles. The number of amides is 1. The van der Waals surface area contributed by atoms with Crippen LogP contribution in [0.2, 0.25) is 0 Å². The number of β-amino-alcohol motifs (C(OH)–C–C–N with tert-alkyl or cyclic N) is 1. The van der Waals surface area contributed by atoms with Crippen molar-refractivity contribution in [1.29, 1.82) is 0 Å². The third-order valence-electron chi connectivity index (χ3n) is 5.83. The van der Waals surface area contributed by atoms with Crippen LogP contribution in [0.15, 0.2) is 73.1 Å². The van der Waals surface area contributed by atoms with Crippen molar-refractivity contribution >= 4 is 11.6 Å². The van der Waals surface area contributed by atoms with Gasteiger partial charge >= 0.3 is 0 Å². The minimum atomic E-state index is -1.03. The Labute approximate surface area is 174 Å². The Morgan fingerprint density at radius 3 is 2.60 bits per heavy atom. The molecule has 2 aromatic carbocycles. The molecule has 0 spiro atoms. The van der Waals surface area contributed by atoms with Crippen LogP contribution in [0.25, 0.3) is 16.9 Å². The zero-order chi connectivity index (χ0) is 20.7. The van der Waals surface area contributed by atoms with Crippen LogP contribution >= 0.6 is 0 Å². The Bertz CT molecular complexity index is 1220. The number of aromatic nitrogens is 3. The number of likely N-dealkylation sites (tertiary alicyclic amines) is 1. The third-order valence-corrected chi connectivity index (χ3v) is 5.83. The van der Waals surface area contributed by atoms with Gasteiger partial charge in [-0.25, -0.2) is 9.50 Å². The Morgan fingerprint density at radius 2 is 1.83 bits per heavy atom. The number of nitrogens with zero attached hydrogens (tertiary/aromatic N) is 4. The van der Waals surface area contributed by atoms with E-state index < -0.39 is 5.60 Å². The summed E-state index contributed by atoms with van der Waals surface area (Å²) in [4.78, 5) is 19.4. The molecule has 1 aliphatic heterocycles. The van der Waals surface area contributed by atoms with Gasteiger partial charge in [0.05, 0.1) is 18.4 Å². The SMILES string of the molecule is Cc1ccc([C@]2(O)CCN(C(=O)c3cnn4c(-c5ccccc5)ccnc34)C2)cc1. The molecule has 30 heavy (non-hydrogen) atoms. The van der Waals surface area contributed by atoms with Crippen LogP contribution in [0.5, 0.6) is 0 Å². The molecule has 3 heterocycles. The van der Waals surface area contributed by atoms with Gasteiger partial charge in [-0.05, 0) is 25.0 Å². The first-order chi connectivity index (χ1) is 14.5. The van der Waals surface area contributed by atoms with Gasteiger partial charge in [-0.3, -0.25) is 4.79 Å². The second-order valence-corrected chi connectivity index (χ2v) is 7.86. The lowest BCUT2D eigenvalue weighted by Gasteiger charge is -2.24. The molecule has 6 nitrogen and oxygen atoms in total. The maximum Gasteiger partial charge on any atom is 0.259 e. The smallest absolute Gasteiger partial charge is 0.259 e. The van der Waals surface area contributed by atoms with E-state index in [1.54, 1.807) is 21.8 Å². The number of fused-ring (bicyclic) bond motifs is 1. The molecule has 0 bridgehead atoms. The summed E-state index contributed by atoms with van der Waals surface area (Å²) in [7, 11) is 0. The lowest BCUT2D eigenvalue weighted by atomic mass is 9.92. The van der Waals surface area contributed by atoms with E-state index in [-0.39, 0.29) is 12.5 Å². The second-order valence-electron chi connectivity index (χ2n) is 7.86. The largest absolute Gasteiger partial charge is 0.383 e. The maximum absolute atomic E-state index is 13.3. The molecule has 4 aromatic rings. The lowest BCUT2D eigenvalue weighted by molar-refractivity contribution is 0.0418. The first-order valence-electron chi connectivity index (χ1n) is 10.0. The molecule has 0 unspecified atom stereocenters. The zero-order valence-corrected chi connectivity index (χ0v) is 16.7. The number of rotatable bonds is 3. The van der Waals surface area contributed by atoms with Crippen LogP contribution in [0.4, 0.5) is 0 Å². The number of hydrogen-bond acceptors (Lipinski definition) is 4. The molecule has 5 rings (SSSR count). The van der Waals surface area contributed by atoms with Crippen molar-refractivity contribution in [3.8, 4) is 11.3 Å². The van der Waals surface area contributed by atoms with Crippen LogP contribution in [0, 0.1) is 6.92 Å². The van der Waals surface area contributed by atoms with E-state index in [1.165, 1.54) is 0 Å². The second kappa shape index (κ2) is 7.07. The Hall–Kier alpha value is -3.51. The van der Waals surface area contributed by atoms with E-state index in [2.05, 4.69) is 10.1 Å². The molecule has 1 fully saturated rings. The Kier molecular flexibility index (Phi) is 4.37. The minimum absolute atomic E-state index is 0.161. The number of carbonyl (C=O) groups is 1. The molecule has 150 valence electrons. The van der Waals surface area contributed by atoms with Gasteiger partial charge in [0.1, 0.15) is 11.2 Å².